The maximum absolute atomic E-state index is 11.2. The summed E-state index contributed by atoms with van der Waals surface area (Å²) >= 11 is 1.66. The number of hydrogen-bond acceptors (Lipinski definition) is 4. The molecule has 0 unspecified atom stereocenters. The maximum Gasteiger partial charge on any atom is 0.221 e. The molecular weight excluding hydrogens is 320 g/mol. The average Bonchev–Trinajstić information content (AvgIpc) is 3.23. The van der Waals surface area contributed by atoms with Crippen molar-refractivity contribution in [1.82, 2.24) is 14.6 Å². The number of fused-ring (bicyclic) bond motifs is 1. The monoisotopic (exact) mass is 334 g/mol. The molecule has 4 rings (SSSR count). The van der Waals surface area contributed by atoms with Crippen molar-refractivity contribution in [3.8, 4) is 21.8 Å². The van der Waals surface area contributed by atoms with E-state index in [4.69, 9.17) is 5.10 Å². The lowest BCUT2D eigenvalue weighted by Crippen LogP contribution is -2.05. The number of carbonyl (C=O) groups excluding carboxylic acids is 1. The van der Waals surface area contributed by atoms with Crippen LogP contribution in [0.2, 0.25) is 0 Å². The molecule has 0 saturated heterocycles. The van der Waals surface area contributed by atoms with Gasteiger partial charge in [-0.1, -0.05) is 18.2 Å². The highest BCUT2D eigenvalue weighted by molar-refractivity contribution is 7.13. The molecule has 0 aliphatic rings. The Labute approximate surface area is 142 Å². The van der Waals surface area contributed by atoms with Gasteiger partial charge in [0.2, 0.25) is 5.91 Å². The van der Waals surface area contributed by atoms with Crippen molar-refractivity contribution < 1.29 is 4.79 Å². The number of carbonyl (C=O) groups is 1. The van der Waals surface area contributed by atoms with Crippen molar-refractivity contribution in [3.63, 3.8) is 0 Å². The van der Waals surface area contributed by atoms with Crippen LogP contribution in [0, 0.1) is 0 Å². The van der Waals surface area contributed by atoms with E-state index in [9.17, 15) is 4.79 Å². The lowest BCUT2D eigenvalue weighted by molar-refractivity contribution is -0.114. The number of amides is 1. The Morgan fingerprint density at radius 1 is 1.17 bits per heavy atom. The normalized spacial score (nSPS) is 10.9. The van der Waals surface area contributed by atoms with Gasteiger partial charge in [0.15, 0.2) is 5.65 Å². The zero-order chi connectivity index (χ0) is 16.5. The Morgan fingerprint density at radius 3 is 2.88 bits per heavy atom. The molecule has 1 aromatic carbocycles. The summed E-state index contributed by atoms with van der Waals surface area (Å²) in [7, 11) is 0. The maximum atomic E-state index is 11.2. The van der Waals surface area contributed by atoms with Crippen LogP contribution in [0.1, 0.15) is 6.92 Å². The third-order valence-corrected chi connectivity index (χ3v) is 4.51. The Balaban J connectivity index is 1.80. The molecule has 0 radical (unpaired) electrons. The molecule has 0 aliphatic heterocycles. The van der Waals surface area contributed by atoms with Gasteiger partial charge in [-0.3, -0.25) is 4.79 Å². The molecule has 0 spiro atoms. The van der Waals surface area contributed by atoms with Crippen molar-refractivity contribution in [3.05, 3.63) is 60.1 Å². The number of imidazole rings is 1. The largest absolute Gasteiger partial charge is 0.326 e. The molecule has 6 heteroatoms. The van der Waals surface area contributed by atoms with E-state index < -0.39 is 0 Å². The first-order chi connectivity index (χ1) is 11.7. The Morgan fingerprint density at radius 2 is 2.08 bits per heavy atom. The minimum Gasteiger partial charge on any atom is -0.326 e. The summed E-state index contributed by atoms with van der Waals surface area (Å²) in [6, 6.07) is 15.6. The first kappa shape index (κ1) is 14.6. The molecule has 3 aromatic heterocycles. The van der Waals surface area contributed by atoms with Gasteiger partial charge < -0.3 is 5.32 Å². The number of benzene rings is 1. The van der Waals surface area contributed by atoms with Gasteiger partial charge in [0.1, 0.15) is 5.69 Å². The summed E-state index contributed by atoms with van der Waals surface area (Å²) in [4.78, 5) is 16.8. The van der Waals surface area contributed by atoms with Crippen molar-refractivity contribution in [2.45, 2.75) is 6.92 Å². The Hall–Kier alpha value is -2.99. The van der Waals surface area contributed by atoms with E-state index in [0.717, 1.165) is 33.2 Å². The van der Waals surface area contributed by atoms with Gasteiger partial charge in [0.05, 0.1) is 16.8 Å². The van der Waals surface area contributed by atoms with Gasteiger partial charge in [0.25, 0.3) is 0 Å². The molecule has 0 saturated carbocycles. The number of thiophene rings is 1. The standard InChI is InChI=1S/C18H14N4OS/c1-12(23)20-14-5-2-4-13(10-14)15-7-8-18-19-11-16(22(18)21-15)17-6-3-9-24-17/h2-11H,1H3,(H,20,23). The van der Waals surface area contributed by atoms with E-state index in [2.05, 4.69) is 16.4 Å². The molecule has 24 heavy (non-hydrogen) atoms. The SMILES string of the molecule is CC(=O)Nc1cccc(-c2ccc3ncc(-c4cccs4)n3n2)c1. The fourth-order valence-electron chi connectivity index (χ4n) is 2.58. The first-order valence-electron chi connectivity index (χ1n) is 7.47. The van der Waals surface area contributed by atoms with E-state index in [1.165, 1.54) is 6.92 Å². The lowest BCUT2D eigenvalue weighted by atomic mass is 10.1. The molecule has 1 N–H and O–H groups in total. The third kappa shape index (κ3) is 2.68. The number of rotatable bonds is 3. The zero-order valence-corrected chi connectivity index (χ0v) is 13.7. The third-order valence-electron chi connectivity index (χ3n) is 3.61. The number of anilines is 1. The molecule has 5 nitrogen and oxygen atoms in total. The topological polar surface area (TPSA) is 59.3 Å². The minimum absolute atomic E-state index is 0.0925. The van der Waals surface area contributed by atoms with Crippen LogP contribution in [0.15, 0.2) is 60.1 Å². The van der Waals surface area contributed by atoms with Crippen LogP contribution in [-0.2, 0) is 4.79 Å². The first-order valence-corrected chi connectivity index (χ1v) is 8.35. The molecular formula is C18H14N4OS. The molecule has 118 valence electrons. The summed E-state index contributed by atoms with van der Waals surface area (Å²) in [6.45, 7) is 1.50. The highest BCUT2D eigenvalue weighted by Gasteiger charge is 2.10. The van der Waals surface area contributed by atoms with Crippen LogP contribution in [0.25, 0.3) is 27.5 Å². The highest BCUT2D eigenvalue weighted by atomic mass is 32.1. The van der Waals surface area contributed by atoms with Gasteiger partial charge in [-0.15, -0.1) is 11.3 Å². The van der Waals surface area contributed by atoms with E-state index in [-0.39, 0.29) is 5.91 Å². The summed E-state index contributed by atoms with van der Waals surface area (Å²) in [6.07, 6.45) is 1.84. The predicted octanol–water partition coefficient (Wildman–Crippen LogP) is 4.08. The second-order valence-electron chi connectivity index (χ2n) is 5.37. The van der Waals surface area contributed by atoms with Gasteiger partial charge in [-0.05, 0) is 35.7 Å². The number of aromatic nitrogens is 3. The van der Waals surface area contributed by atoms with Crippen molar-refractivity contribution in [1.29, 1.82) is 0 Å². The number of nitrogens with one attached hydrogen (secondary N) is 1. The van der Waals surface area contributed by atoms with Crippen LogP contribution in [0.4, 0.5) is 5.69 Å². The zero-order valence-electron chi connectivity index (χ0n) is 12.9. The molecule has 1 amide bonds. The van der Waals surface area contributed by atoms with E-state index in [0.29, 0.717) is 0 Å². The number of nitrogens with zero attached hydrogens (tertiary/aromatic N) is 3. The molecule has 3 heterocycles. The Kier molecular flexibility index (Phi) is 3.59. The average molecular weight is 334 g/mol. The second-order valence-corrected chi connectivity index (χ2v) is 6.32. The highest BCUT2D eigenvalue weighted by Crippen LogP contribution is 2.27. The van der Waals surface area contributed by atoms with Crippen LogP contribution in [-0.4, -0.2) is 20.5 Å². The summed E-state index contributed by atoms with van der Waals surface area (Å²) < 4.78 is 1.85. The van der Waals surface area contributed by atoms with Gasteiger partial charge in [-0.25, -0.2) is 9.50 Å². The van der Waals surface area contributed by atoms with Crippen LogP contribution in [0.3, 0.4) is 0 Å². The summed E-state index contributed by atoms with van der Waals surface area (Å²) in [5.74, 6) is -0.0925. The van der Waals surface area contributed by atoms with E-state index in [1.807, 2.05) is 58.6 Å². The van der Waals surface area contributed by atoms with E-state index in [1.54, 1.807) is 11.3 Å². The van der Waals surface area contributed by atoms with Crippen LogP contribution < -0.4 is 5.32 Å². The lowest BCUT2D eigenvalue weighted by Gasteiger charge is -2.06. The Bertz CT molecular complexity index is 1020. The van der Waals surface area contributed by atoms with Crippen molar-refractivity contribution >= 4 is 28.6 Å². The smallest absolute Gasteiger partial charge is 0.221 e. The number of hydrogen-bond donors (Lipinski definition) is 1. The fraction of sp³-hybridized carbons (Fsp3) is 0.0556. The fourth-order valence-corrected chi connectivity index (χ4v) is 3.30. The molecule has 0 bridgehead atoms. The molecule has 0 atom stereocenters. The molecule has 4 aromatic rings. The van der Waals surface area contributed by atoms with Gasteiger partial charge in [-0.2, -0.15) is 5.10 Å². The second kappa shape index (κ2) is 5.90. The predicted molar refractivity (Wildman–Crippen MR) is 96.0 cm³/mol. The van der Waals surface area contributed by atoms with Crippen LogP contribution >= 0.6 is 11.3 Å². The minimum atomic E-state index is -0.0925. The summed E-state index contributed by atoms with van der Waals surface area (Å²) in [5, 5.41) is 9.56. The summed E-state index contributed by atoms with van der Waals surface area (Å²) in [5.41, 5.74) is 4.30. The van der Waals surface area contributed by atoms with Gasteiger partial charge >= 0.3 is 0 Å². The quantitative estimate of drug-likeness (QED) is 0.614. The van der Waals surface area contributed by atoms with Gasteiger partial charge in [0, 0.05) is 18.2 Å². The van der Waals surface area contributed by atoms with Crippen molar-refractivity contribution in [2.24, 2.45) is 0 Å². The van der Waals surface area contributed by atoms with Crippen LogP contribution in [0.5, 0.6) is 0 Å². The molecule has 0 aliphatic carbocycles. The van der Waals surface area contributed by atoms with Crippen molar-refractivity contribution in [2.75, 3.05) is 5.32 Å². The molecule has 0 fully saturated rings. The van der Waals surface area contributed by atoms with E-state index >= 15 is 0 Å².